The molecule has 1 heterocycles. The Morgan fingerprint density at radius 1 is 1.50 bits per heavy atom. The van der Waals surface area contributed by atoms with E-state index in [4.69, 9.17) is 4.84 Å². The predicted octanol–water partition coefficient (Wildman–Crippen LogP) is 0.998. The predicted molar refractivity (Wildman–Crippen MR) is 52.5 cm³/mol. The first kappa shape index (κ1) is 8.87. The molecule has 1 aromatic carbocycles. The molecule has 1 aliphatic heterocycles. The SMILES string of the molecule is CC[N+]1=Cc2cc(O)ccc2ON1C. The monoisotopic (exact) mass is 193 g/mol. The average molecular weight is 193 g/mol. The molecule has 14 heavy (non-hydrogen) atoms. The first-order valence-corrected chi connectivity index (χ1v) is 4.57. The maximum atomic E-state index is 9.31. The van der Waals surface area contributed by atoms with Crippen LogP contribution in [0.15, 0.2) is 18.2 Å². The maximum absolute atomic E-state index is 9.31. The summed E-state index contributed by atoms with van der Waals surface area (Å²) < 4.78 is 1.92. The number of fused-ring (bicyclic) bond motifs is 1. The van der Waals surface area contributed by atoms with Gasteiger partial charge in [0.1, 0.15) is 12.8 Å². The van der Waals surface area contributed by atoms with E-state index >= 15 is 0 Å². The van der Waals surface area contributed by atoms with Gasteiger partial charge in [0.15, 0.2) is 12.3 Å². The summed E-state index contributed by atoms with van der Waals surface area (Å²) in [7, 11) is 1.84. The molecule has 1 N–H and O–H groups in total. The third-order valence-electron chi connectivity index (χ3n) is 2.20. The lowest BCUT2D eigenvalue weighted by molar-refractivity contribution is -0.737. The van der Waals surface area contributed by atoms with Crippen molar-refractivity contribution in [3.8, 4) is 11.5 Å². The largest absolute Gasteiger partial charge is 0.508 e. The third-order valence-corrected chi connectivity index (χ3v) is 2.20. The molecule has 0 atom stereocenters. The number of hydrazone groups is 1. The van der Waals surface area contributed by atoms with Gasteiger partial charge in [0.2, 0.25) is 6.21 Å². The lowest BCUT2D eigenvalue weighted by Crippen LogP contribution is -2.38. The fourth-order valence-corrected chi connectivity index (χ4v) is 1.45. The van der Waals surface area contributed by atoms with E-state index in [1.165, 1.54) is 0 Å². The van der Waals surface area contributed by atoms with Crippen molar-refractivity contribution < 1.29 is 14.6 Å². The van der Waals surface area contributed by atoms with Crippen LogP contribution in [0.3, 0.4) is 0 Å². The van der Waals surface area contributed by atoms with Crippen LogP contribution in [0.4, 0.5) is 0 Å². The van der Waals surface area contributed by atoms with Crippen LogP contribution in [-0.2, 0) is 0 Å². The number of hydrogen-bond acceptors (Lipinski definition) is 3. The number of hydrazine groups is 1. The number of hydrogen-bond donors (Lipinski definition) is 1. The molecule has 0 aromatic heterocycles. The van der Waals surface area contributed by atoms with Crippen LogP contribution in [-0.4, -0.2) is 34.8 Å². The van der Waals surface area contributed by atoms with Crippen LogP contribution in [0.25, 0.3) is 0 Å². The molecule has 4 heteroatoms. The summed E-state index contributed by atoms with van der Waals surface area (Å²) in [4.78, 5) is 5.51. The second kappa shape index (κ2) is 3.21. The van der Waals surface area contributed by atoms with Crippen LogP contribution in [0.5, 0.6) is 11.5 Å². The van der Waals surface area contributed by atoms with Crippen molar-refractivity contribution in [2.45, 2.75) is 6.92 Å². The summed E-state index contributed by atoms with van der Waals surface area (Å²) in [6.45, 7) is 2.86. The molecule has 1 aliphatic rings. The van der Waals surface area contributed by atoms with E-state index in [1.807, 2.05) is 24.9 Å². The zero-order valence-corrected chi connectivity index (χ0v) is 8.27. The number of phenolic OH excluding ortho intramolecular Hbond substituents is 1. The normalized spacial score (nSPS) is 14.4. The summed E-state index contributed by atoms with van der Waals surface area (Å²) in [5.74, 6) is 1.01. The Balaban J connectivity index is 2.46. The van der Waals surface area contributed by atoms with Crippen molar-refractivity contribution in [3.63, 3.8) is 0 Å². The molecule has 0 saturated heterocycles. The topological polar surface area (TPSA) is 35.7 Å². The van der Waals surface area contributed by atoms with Crippen LogP contribution in [0.1, 0.15) is 12.5 Å². The first-order valence-electron chi connectivity index (χ1n) is 4.57. The Hall–Kier alpha value is -1.71. The highest BCUT2D eigenvalue weighted by atomic mass is 16.7. The Kier molecular flexibility index (Phi) is 2.04. The molecule has 4 nitrogen and oxygen atoms in total. The zero-order valence-electron chi connectivity index (χ0n) is 8.27. The van der Waals surface area contributed by atoms with Gasteiger partial charge >= 0.3 is 0 Å². The molecule has 0 spiro atoms. The van der Waals surface area contributed by atoms with Crippen molar-refractivity contribution in [1.29, 1.82) is 0 Å². The molecule has 0 unspecified atom stereocenters. The van der Waals surface area contributed by atoms with Gasteiger partial charge in [-0.1, -0.05) is 4.68 Å². The van der Waals surface area contributed by atoms with E-state index in [0.29, 0.717) is 0 Å². The molecule has 0 aliphatic carbocycles. The number of phenols is 1. The van der Waals surface area contributed by atoms with Crippen LogP contribution >= 0.6 is 0 Å². The summed E-state index contributed by atoms with van der Waals surface area (Å²) in [5, 5.41) is 11.0. The highest BCUT2D eigenvalue weighted by molar-refractivity contribution is 5.81. The highest BCUT2D eigenvalue weighted by Gasteiger charge is 2.21. The smallest absolute Gasteiger partial charge is 0.208 e. The third kappa shape index (κ3) is 1.39. The van der Waals surface area contributed by atoms with Gasteiger partial charge in [-0.2, -0.15) is 0 Å². The van der Waals surface area contributed by atoms with Crippen molar-refractivity contribution in [1.82, 2.24) is 5.17 Å². The number of rotatable bonds is 1. The van der Waals surface area contributed by atoms with Gasteiger partial charge in [-0.05, 0) is 30.3 Å². The van der Waals surface area contributed by atoms with E-state index in [-0.39, 0.29) is 5.75 Å². The van der Waals surface area contributed by atoms with Gasteiger partial charge in [-0.25, -0.2) is 0 Å². The van der Waals surface area contributed by atoms with Crippen molar-refractivity contribution in [3.05, 3.63) is 23.8 Å². The molecular weight excluding hydrogens is 180 g/mol. The van der Waals surface area contributed by atoms with Gasteiger partial charge in [-0.3, -0.25) is 0 Å². The Labute approximate surface area is 82.6 Å². The summed E-state index contributed by atoms with van der Waals surface area (Å²) >= 11 is 0. The molecule has 0 radical (unpaired) electrons. The molecule has 0 bridgehead atoms. The van der Waals surface area contributed by atoms with Gasteiger partial charge in [0, 0.05) is 0 Å². The van der Waals surface area contributed by atoms with Gasteiger partial charge in [-0.15, -0.1) is 0 Å². The lowest BCUT2D eigenvalue weighted by atomic mass is 10.2. The highest BCUT2D eigenvalue weighted by Crippen LogP contribution is 2.24. The zero-order chi connectivity index (χ0) is 10.1. The summed E-state index contributed by atoms with van der Waals surface area (Å²) in [6.07, 6.45) is 1.94. The maximum Gasteiger partial charge on any atom is 0.208 e. The van der Waals surface area contributed by atoms with Crippen molar-refractivity contribution in [2.75, 3.05) is 13.6 Å². The van der Waals surface area contributed by atoms with Crippen molar-refractivity contribution >= 4 is 6.21 Å². The fourth-order valence-electron chi connectivity index (χ4n) is 1.45. The Bertz CT molecular complexity index is 388. The lowest BCUT2D eigenvalue weighted by Gasteiger charge is -2.20. The Morgan fingerprint density at radius 3 is 3.00 bits per heavy atom. The van der Waals surface area contributed by atoms with E-state index in [9.17, 15) is 5.11 Å². The molecular formula is C10H13N2O2+. The second-order valence-electron chi connectivity index (χ2n) is 3.16. The average Bonchev–Trinajstić information content (AvgIpc) is 2.17. The number of benzene rings is 1. The van der Waals surface area contributed by atoms with Crippen LogP contribution in [0.2, 0.25) is 0 Å². The Morgan fingerprint density at radius 2 is 2.29 bits per heavy atom. The number of hydroxylamine groups is 1. The van der Waals surface area contributed by atoms with E-state index < -0.39 is 0 Å². The first-order chi connectivity index (χ1) is 6.70. The van der Waals surface area contributed by atoms with E-state index in [0.717, 1.165) is 17.9 Å². The summed E-state index contributed by atoms with van der Waals surface area (Å²) in [5.41, 5.74) is 0.893. The van der Waals surface area contributed by atoms with Gasteiger partial charge in [0.25, 0.3) is 0 Å². The van der Waals surface area contributed by atoms with Gasteiger partial charge < -0.3 is 9.94 Å². The van der Waals surface area contributed by atoms with E-state index in [1.54, 1.807) is 23.4 Å². The minimum atomic E-state index is 0.254. The number of aromatic hydroxyl groups is 1. The standard InChI is InChI=1S/C10H12N2O2/c1-3-12-7-8-6-9(13)4-5-10(8)14-11(12)2/h4-7H,3H2,1-2H3/p+1. The van der Waals surface area contributed by atoms with Crippen molar-refractivity contribution in [2.24, 2.45) is 0 Å². The molecule has 1 aromatic rings. The molecule has 0 fully saturated rings. The minimum absolute atomic E-state index is 0.254. The second-order valence-corrected chi connectivity index (χ2v) is 3.16. The van der Waals surface area contributed by atoms with Crippen LogP contribution in [0, 0.1) is 0 Å². The minimum Gasteiger partial charge on any atom is -0.508 e. The quantitative estimate of drug-likeness (QED) is 0.676. The van der Waals surface area contributed by atoms with Gasteiger partial charge in [0.05, 0.1) is 5.56 Å². The van der Waals surface area contributed by atoms with E-state index in [2.05, 4.69) is 0 Å². The molecule has 0 saturated carbocycles. The molecule has 74 valence electrons. The van der Waals surface area contributed by atoms with Crippen LogP contribution < -0.4 is 4.84 Å². The summed E-state index contributed by atoms with van der Waals surface area (Å²) in [6, 6.07) is 5.05. The number of nitrogens with zero attached hydrogens (tertiary/aromatic N) is 2. The molecule has 2 rings (SSSR count). The molecule has 0 amide bonds. The fraction of sp³-hybridized carbons (Fsp3) is 0.300.